The smallest absolute Gasteiger partial charge is 0.229 e. The molecule has 0 amide bonds. The van der Waals surface area contributed by atoms with Crippen molar-refractivity contribution in [2.45, 2.75) is 6.92 Å². The van der Waals surface area contributed by atoms with E-state index < -0.39 is 0 Å². The number of halogens is 1. The van der Waals surface area contributed by atoms with Crippen molar-refractivity contribution in [2.75, 3.05) is 17.7 Å². The van der Waals surface area contributed by atoms with Crippen LogP contribution < -0.4 is 10.6 Å². The van der Waals surface area contributed by atoms with Gasteiger partial charge in [-0.2, -0.15) is 4.98 Å². The van der Waals surface area contributed by atoms with Crippen LogP contribution >= 0.6 is 0 Å². The van der Waals surface area contributed by atoms with Gasteiger partial charge in [0.2, 0.25) is 5.95 Å². The summed E-state index contributed by atoms with van der Waals surface area (Å²) in [6.07, 6.45) is 2.92. The van der Waals surface area contributed by atoms with Gasteiger partial charge in [-0.3, -0.25) is 4.98 Å². The highest BCUT2D eigenvalue weighted by Crippen LogP contribution is 2.27. The fourth-order valence-corrected chi connectivity index (χ4v) is 2.29. The largest absolute Gasteiger partial charge is 0.503 e. The maximum Gasteiger partial charge on any atom is 0.229 e. The second-order valence-corrected chi connectivity index (χ2v) is 5.18. The maximum absolute atomic E-state index is 14.4. The number of anilines is 3. The number of nitrogens with zero attached hydrogens (tertiary/aromatic N) is 3. The fraction of sp³-hybridized carbons (Fsp3) is 0.118. The van der Waals surface area contributed by atoms with E-state index in [-0.39, 0.29) is 24.8 Å². The van der Waals surface area contributed by atoms with Crippen LogP contribution in [0.15, 0.2) is 42.7 Å². The van der Waals surface area contributed by atoms with Gasteiger partial charge in [-0.15, -0.1) is 0 Å². The lowest BCUT2D eigenvalue weighted by Gasteiger charge is -2.10. The van der Waals surface area contributed by atoms with Gasteiger partial charge in [0.1, 0.15) is 5.82 Å². The third-order valence-electron chi connectivity index (χ3n) is 3.44. The van der Waals surface area contributed by atoms with E-state index >= 15 is 0 Å². The Balaban J connectivity index is 0.00000225. The molecule has 0 aliphatic heterocycles. The number of benzene rings is 1. The van der Waals surface area contributed by atoms with Crippen molar-refractivity contribution >= 4 is 17.5 Å². The Morgan fingerprint density at radius 3 is 2.71 bits per heavy atom. The lowest BCUT2D eigenvalue weighted by molar-refractivity contribution is 0.472. The van der Waals surface area contributed by atoms with Gasteiger partial charge in [-0.25, -0.2) is 9.37 Å². The molecule has 0 unspecified atom stereocenters. The van der Waals surface area contributed by atoms with Crippen molar-refractivity contribution in [1.82, 2.24) is 15.0 Å². The van der Waals surface area contributed by atoms with Gasteiger partial charge in [0, 0.05) is 31.6 Å². The molecule has 1 aromatic carbocycles. The van der Waals surface area contributed by atoms with Crippen molar-refractivity contribution in [3.8, 4) is 16.9 Å². The number of hydrogen-bond donors (Lipinski definition) is 3. The first-order valence-corrected chi connectivity index (χ1v) is 7.30. The van der Waals surface area contributed by atoms with Crippen molar-refractivity contribution in [2.24, 2.45) is 0 Å². The molecule has 3 rings (SSSR count). The normalized spacial score (nSPS) is 10.5. The summed E-state index contributed by atoms with van der Waals surface area (Å²) in [6, 6.07) is 8.39. The molecular weight excluding hydrogens is 309 g/mol. The molecule has 2 heterocycles. The van der Waals surface area contributed by atoms with E-state index in [0.717, 1.165) is 11.3 Å². The number of hydrogen-bond acceptors (Lipinski definition) is 6. The van der Waals surface area contributed by atoms with Crippen LogP contribution in [-0.4, -0.2) is 27.1 Å². The minimum Gasteiger partial charge on any atom is -0.503 e. The van der Waals surface area contributed by atoms with E-state index in [9.17, 15) is 9.50 Å². The molecule has 0 bridgehead atoms. The van der Waals surface area contributed by atoms with Gasteiger partial charge < -0.3 is 15.7 Å². The van der Waals surface area contributed by atoms with Gasteiger partial charge in [0.25, 0.3) is 0 Å². The number of nitrogens with one attached hydrogen (secondary N) is 2. The zero-order chi connectivity index (χ0) is 17.1. The summed E-state index contributed by atoms with van der Waals surface area (Å²) in [7, 11) is 1.64. The average Bonchev–Trinajstić information content (AvgIpc) is 2.56. The van der Waals surface area contributed by atoms with E-state index in [4.69, 9.17) is 0 Å². The first kappa shape index (κ1) is 15.7. The summed E-state index contributed by atoms with van der Waals surface area (Å²) in [5, 5.41) is 15.2. The van der Waals surface area contributed by atoms with Gasteiger partial charge in [-0.05, 0) is 42.8 Å². The van der Waals surface area contributed by atoms with E-state index in [1.165, 1.54) is 12.3 Å². The Morgan fingerprint density at radius 2 is 2.00 bits per heavy atom. The van der Waals surface area contributed by atoms with Crippen molar-refractivity contribution in [1.29, 1.82) is 0 Å². The molecule has 0 aliphatic carbocycles. The lowest BCUT2D eigenvalue weighted by atomic mass is 10.1. The zero-order valence-corrected chi connectivity index (χ0v) is 13.2. The van der Waals surface area contributed by atoms with Crippen LogP contribution in [0, 0.1) is 12.7 Å². The van der Waals surface area contributed by atoms with E-state index in [1.54, 1.807) is 31.4 Å². The molecule has 2 aromatic heterocycles. The molecule has 0 saturated heterocycles. The summed E-state index contributed by atoms with van der Waals surface area (Å²) in [6.45, 7) is 1.86. The fourth-order valence-electron chi connectivity index (χ4n) is 2.29. The molecule has 0 spiro atoms. The summed E-state index contributed by atoms with van der Waals surface area (Å²) in [4.78, 5) is 12.2. The molecule has 6 nitrogen and oxygen atoms in total. The van der Waals surface area contributed by atoms with Crippen LogP contribution in [0.3, 0.4) is 0 Å². The SMILES string of the molecule is CNc1nc(Nc2ccc(-c3ccnc(C)c3)c(F)c2)ncc1O.[HH]. The Morgan fingerprint density at radius 1 is 1.17 bits per heavy atom. The van der Waals surface area contributed by atoms with E-state index in [2.05, 4.69) is 25.6 Å². The first-order valence-electron chi connectivity index (χ1n) is 7.30. The highest BCUT2D eigenvalue weighted by atomic mass is 19.1. The van der Waals surface area contributed by atoms with Crippen molar-refractivity contribution in [3.05, 3.63) is 54.2 Å². The Bertz CT molecular complexity index is 891. The molecule has 3 N–H and O–H groups in total. The molecule has 0 fully saturated rings. The third-order valence-corrected chi connectivity index (χ3v) is 3.44. The van der Waals surface area contributed by atoms with Crippen LogP contribution in [0.5, 0.6) is 5.75 Å². The summed E-state index contributed by atoms with van der Waals surface area (Å²) in [5.41, 5.74) is 2.60. The van der Waals surface area contributed by atoms with Crippen LogP contribution in [0.4, 0.5) is 21.8 Å². The van der Waals surface area contributed by atoms with Gasteiger partial charge in [-0.1, -0.05) is 0 Å². The number of rotatable bonds is 4. The van der Waals surface area contributed by atoms with Crippen molar-refractivity contribution < 1.29 is 10.9 Å². The molecule has 0 aliphatic rings. The van der Waals surface area contributed by atoms with E-state index in [0.29, 0.717) is 11.3 Å². The molecular formula is C17H18FN5O. The van der Waals surface area contributed by atoms with Crippen LogP contribution in [0.2, 0.25) is 0 Å². The zero-order valence-electron chi connectivity index (χ0n) is 13.2. The second kappa shape index (κ2) is 6.49. The van der Waals surface area contributed by atoms with Gasteiger partial charge >= 0.3 is 0 Å². The number of aryl methyl sites for hydroxylation is 1. The molecule has 24 heavy (non-hydrogen) atoms. The molecule has 3 aromatic rings. The average molecular weight is 327 g/mol. The van der Waals surface area contributed by atoms with Crippen molar-refractivity contribution in [3.63, 3.8) is 0 Å². The van der Waals surface area contributed by atoms with Gasteiger partial charge in [0.15, 0.2) is 11.6 Å². The predicted molar refractivity (Wildman–Crippen MR) is 93.0 cm³/mol. The summed E-state index contributed by atoms with van der Waals surface area (Å²) >= 11 is 0. The Kier molecular flexibility index (Phi) is 4.24. The second-order valence-electron chi connectivity index (χ2n) is 5.18. The van der Waals surface area contributed by atoms with Crippen LogP contribution in [-0.2, 0) is 0 Å². The summed E-state index contributed by atoms with van der Waals surface area (Å²) < 4.78 is 14.4. The first-order chi connectivity index (χ1) is 11.6. The Labute approximate surface area is 139 Å². The molecule has 7 heteroatoms. The minimum atomic E-state index is -0.363. The molecule has 0 atom stereocenters. The molecule has 0 saturated carbocycles. The monoisotopic (exact) mass is 327 g/mol. The minimum absolute atomic E-state index is 0. The predicted octanol–water partition coefficient (Wildman–Crippen LogP) is 3.72. The third kappa shape index (κ3) is 3.24. The standard InChI is InChI=1S/C17H16FN5O.H2/c1-10-7-11(5-6-20-10)13-4-3-12(8-14(13)18)22-17-21-9-15(24)16(19-2)23-17;/h3-9,24H,1-2H3,(H2,19,21,22,23);1H. The highest BCUT2D eigenvalue weighted by molar-refractivity contribution is 5.68. The number of pyridine rings is 1. The Hall–Kier alpha value is -3.22. The molecule has 124 valence electrons. The number of aromatic nitrogens is 3. The maximum atomic E-state index is 14.4. The topological polar surface area (TPSA) is 83.0 Å². The lowest BCUT2D eigenvalue weighted by Crippen LogP contribution is -2.01. The summed E-state index contributed by atoms with van der Waals surface area (Å²) in [5.74, 6) is 0.122. The molecule has 0 radical (unpaired) electrons. The number of aromatic hydroxyl groups is 1. The van der Waals surface area contributed by atoms with Gasteiger partial charge in [0.05, 0.1) is 6.20 Å². The highest BCUT2D eigenvalue weighted by Gasteiger charge is 2.09. The quantitative estimate of drug-likeness (QED) is 0.677. The van der Waals surface area contributed by atoms with Crippen LogP contribution in [0.1, 0.15) is 7.12 Å². The van der Waals surface area contributed by atoms with E-state index in [1.807, 2.05) is 13.0 Å². The van der Waals surface area contributed by atoms with Crippen LogP contribution in [0.25, 0.3) is 11.1 Å².